The molecule has 1 unspecified atom stereocenters. The van der Waals surface area contributed by atoms with Gasteiger partial charge in [-0.1, -0.05) is 25.5 Å². The van der Waals surface area contributed by atoms with E-state index < -0.39 is 23.8 Å². The fraction of sp³-hybridized carbons (Fsp3) is 0.273. The van der Waals surface area contributed by atoms with Gasteiger partial charge >= 0.3 is 6.03 Å². The van der Waals surface area contributed by atoms with Gasteiger partial charge in [0.05, 0.1) is 18.5 Å². The van der Waals surface area contributed by atoms with Gasteiger partial charge in [0.1, 0.15) is 5.75 Å². The molecule has 7 nitrogen and oxygen atoms in total. The summed E-state index contributed by atoms with van der Waals surface area (Å²) < 4.78 is 5.09. The monoisotopic (exact) mass is 393 g/mol. The number of carbonyl (C=O) groups excluding carboxylic acids is 3. The largest absolute Gasteiger partial charge is 0.497 e. The average molecular weight is 393 g/mol. The normalized spacial score (nSPS) is 17.0. The maximum absolute atomic E-state index is 12.8. The lowest BCUT2D eigenvalue weighted by atomic mass is 10.1. The molecule has 7 heteroatoms. The van der Waals surface area contributed by atoms with Crippen molar-refractivity contribution in [3.63, 3.8) is 0 Å². The summed E-state index contributed by atoms with van der Waals surface area (Å²) in [5.74, 6) is -1.93. The highest BCUT2D eigenvalue weighted by Crippen LogP contribution is 2.23. The fourth-order valence-electron chi connectivity index (χ4n) is 2.99. The van der Waals surface area contributed by atoms with Gasteiger partial charge in [0.15, 0.2) is 5.92 Å². The van der Waals surface area contributed by atoms with Crippen molar-refractivity contribution in [3.05, 3.63) is 54.1 Å². The van der Waals surface area contributed by atoms with Crippen LogP contribution in [0.4, 0.5) is 16.2 Å². The zero-order chi connectivity index (χ0) is 20.8. The summed E-state index contributed by atoms with van der Waals surface area (Å²) in [5.41, 5.74) is 2.20. The SMILES string of the molecule is CCCCc1ccc(N=CC2C(=O)NC(=O)N(c3ccc(OC)cc3)C2=O)cc1. The Morgan fingerprint density at radius 1 is 1.07 bits per heavy atom. The molecule has 150 valence electrons. The van der Waals surface area contributed by atoms with Crippen LogP contribution < -0.4 is 15.0 Å². The van der Waals surface area contributed by atoms with Crippen molar-refractivity contribution in [1.29, 1.82) is 0 Å². The minimum Gasteiger partial charge on any atom is -0.497 e. The van der Waals surface area contributed by atoms with E-state index in [9.17, 15) is 14.4 Å². The lowest BCUT2D eigenvalue weighted by molar-refractivity contribution is -0.131. The number of nitrogens with one attached hydrogen (secondary N) is 1. The summed E-state index contributed by atoms with van der Waals surface area (Å²) >= 11 is 0. The molecule has 1 aliphatic heterocycles. The van der Waals surface area contributed by atoms with Crippen LogP contribution in [0.1, 0.15) is 25.3 Å². The number of aryl methyl sites for hydroxylation is 1. The first-order valence-electron chi connectivity index (χ1n) is 9.49. The van der Waals surface area contributed by atoms with Crippen LogP contribution in [0.5, 0.6) is 5.75 Å². The summed E-state index contributed by atoms with van der Waals surface area (Å²) in [6.45, 7) is 2.14. The quantitative estimate of drug-likeness (QED) is 0.575. The number of hydrogen-bond donors (Lipinski definition) is 1. The molecule has 2 aromatic rings. The van der Waals surface area contributed by atoms with E-state index in [1.165, 1.54) is 18.9 Å². The molecule has 1 heterocycles. The zero-order valence-corrected chi connectivity index (χ0v) is 16.4. The van der Waals surface area contributed by atoms with Crippen molar-refractivity contribution in [2.24, 2.45) is 10.9 Å². The number of nitrogens with zero attached hydrogens (tertiary/aromatic N) is 2. The molecule has 0 spiro atoms. The number of anilines is 1. The Morgan fingerprint density at radius 3 is 2.38 bits per heavy atom. The molecule has 1 fully saturated rings. The van der Waals surface area contributed by atoms with Crippen molar-refractivity contribution < 1.29 is 19.1 Å². The van der Waals surface area contributed by atoms with Crippen LogP contribution in [0.15, 0.2) is 53.5 Å². The van der Waals surface area contributed by atoms with E-state index in [0.717, 1.165) is 24.2 Å². The van der Waals surface area contributed by atoms with Crippen molar-refractivity contribution in [3.8, 4) is 5.75 Å². The Balaban J connectivity index is 1.77. The topological polar surface area (TPSA) is 88.1 Å². The fourth-order valence-corrected chi connectivity index (χ4v) is 2.99. The highest BCUT2D eigenvalue weighted by atomic mass is 16.5. The van der Waals surface area contributed by atoms with Crippen LogP contribution >= 0.6 is 0 Å². The predicted molar refractivity (Wildman–Crippen MR) is 111 cm³/mol. The van der Waals surface area contributed by atoms with E-state index in [1.54, 1.807) is 24.3 Å². The van der Waals surface area contributed by atoms with Gasteiger partial charge in [-0.25, -0.2) is 9.69 Å². The van der Waals surface area contributed by atoms with Gasteiger partial charge in [-0.15, -0.1) is 0 Å². The first-order chi connectivity index (χ1) is 14.0. The first kappa shape index (κ1) is 20.3. The van der Waals surface area contributed by atoms with Gasteiger partial charge in [0.25, 0.3) is 5.91 Å². The maximum Gasteiger partial charge on any atom is 0.335 e. The van der Waals surface area contributed by atoms with Crippen LogP contribution in [0.2, 0.25) is 0 Å². The Morgan fingerprint density at radius 2 is 1.76 bits per heavy atom. The van der Waals surface area contributed by atoms with E-state index in [4.69, 9.17) is 4.74 Å². The van der Waals surface area contributed by atoms with Gasteiger partial charge in [0, 0.05) is 6.21 Å². The van der Waals surface area contributed by atoms with Gasteiger partial charge in [-0.2, -0.15) is 0 Å². The molecule has 3 rings (SSSR count). The summed E-state index contributed by atoms with van der Waals surface area (Å²) in [6.07, 6.45) is 4.53. The Bertz CT molecular complexity index is 920. The van der Waals surface area contributed by atoms with Crippen molar-refractivity contribution >= 4 is 35.4 Å². The van der Waals surface area contributed by atoms with E-state index in [0.29, 0.717) is 17.1 Å². The summed E-state index contributed by atoms with van der Waals surface area (Å²) in [4.78, 5) is 42.4. The Kier molecular flexibility index (Phi) is 6.39. The predicted octanol–water partition coefficient (Wildman–Crippen LogP) is 3.64. The molecule has 0 bridgehead atoms. The molecule has 1 saturated heterocycles. The Labute approximate surface area is 169 Å². The van der Waals surface area contributed by atoms with Crippen LogP contribution in [0.25, 0.3) is 0 Å². The molecule has 0 radical (unpaired) electrons. The first-order valence-corrected chi connectivity index (χ1v) is 9.49. The number of barbiturate groups is 1. The van der Waals surface area contributed by atoms with Gasteiger partial charge < -0.3 is 4.74 Å². The van der Waals surface area contributed by atoms with Crippen molar-refractivity contribution in [2.75, 3.05) is 12.0 Å². The molecular formula is C22H23N3O4. The molecule has 0 saturated carbocycles. The van der Waals surface area contributed by atoms with E-state index in [2.05, 4.69) is 17.2 Å². The van der Waals surface area contributed by atoms with Crippen LogP contribution in [0.3, 0.4) is 0 Å². The second kappa shape index (κ2) is 9.14. The number of rotatable bonds is 7. The molecule has 1 N–H and O–H groups in total. The third-order valence-electron chi connectivity index (χ3n) is 4.66. The van der Waals surface area contributed by atoms with Crippen molar-refractivity contribution in [1.82, 2.24) is 5.32 Å². The second-order valence-electron chi connectivity index (χ2n) is 6.69. The van der Waals surface area contributed by atoms with Gasteiger partial charge in [0.2, 0.25) is 5.91 Å². The minimum atomic E-state index is -1.19. The number of imide groups is 2. The molecule has 0 aliphatic carbocycles. The number of hydrogen-bond acceptors (Lipinski definition) is 5. The number of benzene rings is 2. The van der Waals surface area contributed by atoms with E-state index in [-0.39, 0.29) is 0 Å². The molecule has 0 aromatic heterocycles. The third kappa shape index (κ3) is 4.68. The van der Waals surface area contributed by atoms with Crippen LogP contribution in [-0.4, -0.2) is 31.2 Å². The Hall–Kier alpha value is -3.48. The molecule has 29 heavy (non-hydrogen) atoms. The summed E-state index contributed by atoms with van der Waals surface area (Å²) in [7, 11) is 1.52. The third-order valence-corrected chi connectivity index (χ3v) is 4.66. The van der Waals surface area contributed by atoms with Crippen molar-refractivity contribution in [2.45, 2.75) is 26.2 Å². The van der Waals surface area contributed by atoms with Crippen LogP contribution in [0, 0.1) is 5.92 Å². The molecule has 1 atom stereocenters. The molecule has 4 amide bonds. The smallest absolute Gasteiger partial charge is 0.335 e. The van der Waals surface area contributed by atoms with Gasteiger partial charge in [-0.05, 0) is 54.8 Å². The molecule has 1 aliphatic rings. The average Bonchev–Trinajstić information content (AvgIpc) is 2.73. The standard InChI is InChI=1S/C22H23N3O4/c1-3-4-5-15-6-8-16(9-7-15)23-14-19-20(26)24-22(28)25(21(19)27)17-10-12-18(29-2)13-11-17/h6-14,19H,3-5H2,1-2H3,(H,24,26,28). The second-order valence-corrected chi connectivity index (χ2v) is 6.69. The number of unbranched alkanes of at least 4 members (excludes halogenated alkanes) is 1. The minimum absolute atomic E-state index is 0.347. The highest BCUT2D eigenvalue weighted by molar-refractivity contribution is 6.32. The zero-order valence-electron chi connectivity index (χ0n) is 16.4. The number of methoxy groups -OCH3 is 1. The number of carbonyl (C=O) groups is 3. The molecular weight excluding hydrogens is 370 g/mol. The number of aliphatic imine (C=N–C) groups is 1. The lowest BCUT2D eigenvalue weighted by Crippen LogP contribution is -2.58. The number of amides is 4. The number of urea groups is 1. The molecule has 2 aromatic carbocycles. The van der Waals surface area contributed by atoms with E-state index in [1.807, 2.05) is 24.3 Å². The maximum atomic E-state index is 12.8. The van der Waals surface area contributed by atoms with Crippen LogP contribution in [-0.2, 0) is 16.0 Å². The van der Waals surface area contributed by atoms with Gasteiger partial charge in [-0.3, -0.25) is 19.9 Å². The van der Waals surface area contributed by atoms with E-state index >= 15 is 0 Å². The highest BCUT2D eigenvalue weighted by Gasteiger charge is 2.40. The lowest BCUT2D eigenvalue weighted by Gasteiger charge is -2.28. The summed E-state index contributed by atoms with van der Waals surface area (Å²) in [5, 5.41) is 2.21. The summed E-state index contributed by atoms with van der Waals surface area (Å²) in [6, 6.07) is 13.3. The number of ether oxygens (including phenoxy) is 1.